The monoisotopic (exact) mass is 1620 g/mol. The fourth-order valence-corrected chi connectivity index (χ4v) is 13.8. The van der Waals surface area contributed by atoms with E-state index in [1.54, 1.807) is 0 Å². The maximum absolute atomic E-state index is 13.0. The number of unbranched alkanes of at least 4 members (excludes halogenated alkanes) is 38. The number of aliphatic hydroxyl groups is 2. The van der Waals surface area contributed by atoms with Gasteiger partial charge in [-0.1, -0.05) is 372 Å². The van der Waals surface area contributed by atoms with Gasteiger partial charge in [0.15, 0.2) is 6.10 Å². The van der Waals surface area contributed by atoms with Gasteiger partial charge in [-0.15, -0.1) is 0 Å². The Morgan fingerprint density at radius 3 is 0.752 bits per heavy atom. The van der Waals surface area contributed by atoms with Gasteiger partial charge in [-0.3, -0.25) is 32.5 Å². The number of esters is 3. The Labute approximate surface area is 689 Å². The fourth-order valence-electron chi connectivity index (χ4n) is 12.2. The molecule has 16 nitrogen and oxygen atoms in total. The molecular formula is C95H164O16P2. The molecule has 0 aromatic rings. The topological polar surface area (TPSA) is 231 Å². The number of carbonyl (C=O) groups is 3. The maximum atomic E-state index is 13.0. The normalized spacial score (nSPS) is 14.5. The number of hydrogen-bond donors (Lipinski definition) is 4. The van der Waals surface area contributed by atoms with Crippen molar-refractivity contribution in [2.24, 2.45) is 0 Å². The van der Waals surface area contributed by atoms with Gasteiger partial charge >= 0.3 is 33.6 Å². The van der Waals surface area contributed by atoms with Crippen LogP contribution >= 0.6 is 15.6 Å². The molecule has 113 heavy (non-hydrogen) atoms. The van der Waals surface area contributed by atoms with Gasteiger partial charge in [-0.25, -0.2) is 9.13 Å². The summed E-state index contributed by atoms with van der Waals surface area (Å²) in [6.45, 7) is 2.44. The molecule has 0 radical (unpaired) electrons. The highest BCUT2D eigenvalue weighted by Gasteiger charge is 2.29. The van der Waals surface area contributed by atoms with Crippen molar-refractivity contribution in [1.29, 1.82) is 0 Å². The summed E-state index contributed by atoms with van der Waals surface area (Å²) < 4.78 is 61.3. The van der Waals surface area contributed by atoms with E-state index in [4.69, 9.17) is 32.3 Å². The van der Waals surface area contributed by atoms with Crippen LogP contribution in [-0.4, -0.2) is 95.9 Å². The smallest absolute Gasteiger partial charge is 0.463 e. The van der Waals surface area contributed by atoms with Crippen LogP contribution in [0.4, 0.5) is 0 Å². The van der Waals surface area contributed by atoms with Crippen LogP contribution in [0.25, 0.3) is 0 Å². The molecule has 0 rings (SSSR count). The van der Waals surface area contributed by atoms with Crippen molar-refractivity contribution in [3.8, 4) is 0 Å². The van der Waals surface area contributed by atoms with E-state index in [1.165, 1.54) is 173 Å². The first-order valence-electron chi connectivity index (χ1n) is 45.1. The molecule has 0 aliphatic carbocycles. The van der Waals surface area contributed by atoms with E-state index in [0.717, 1.165) is 148 Å². The van der Waals surface area contributed by atoms with Crippen molar-refractivity contribution >= 4 is 33.6 Å². The summed E-state index contributed by atoms with van der Waals surface area (Å²) in [7, 11) is -9.79. The standard InChI is InChI=1S/C95H164O16P2/c1-4-7-10-13-16-19-22-24-26-28-30-32-34-36-38-40-42-43-44-45-47-49-50-52-54-56-58-60-62-64-67-69-72-75-78-81-93(98)105-84-90(96)85-107-112(101,102)108-86-91(97)87-109-113(103,104)110-89-92(111-95(100)83-80-77-74-71-66-21-18-15-12-9-6-3)88-106-94(99)82-79-76-73-70-68-65-63-61-59-57-55-53-51-48-46-41-39-37-35-33-31-29-27-25-23-20-17-14-11-8-5-2/h7-8,10-11,15-20,24-27,30-33,36-39,42-43,90-92,96-97H,4-6,9,12-14,21-23,28-29,34-35,40-41,44-89H2,1-3H3,(H,101,102)(H,103,104)/b10-7-,11-8-,18-15-,19-16-,20-17-,26-24-,27-25-,32-30-,33-31-,38-36-,39-37-,43-42-. The highest BCUT2D eigenvalue weighted by Crippen LogP contribution is 2.45. The average Bonchev–Trinajstić information content (AvgIpc) is 0.901. The van der Waals surface area contributed by atoms with Crippen LogP contribution in [0, 0.1) is 0 Å². The average molecular weight is 1620 g/mol. The van der Waals surface area contributed by atoms with Gasteiger partial charge in [-0.2, -0.15) is 0 Å². The van der Waals surface area contributed by atoms with Crippen LogP contribution in [0.3, 0.4) is 0 Å². The molecule has 0 amide bonds. The number of rotatable bonds is 85. The molecule has 0 saturated heterocycles. The van der Waals surface area contributed by atoms with Crippen LogP contribution in [-0.2, 0) is 55.8 Å². The van der Waals surface area contributed by atoms with Gasteiger partial charge in [-0.05, 0) is 135 Å². The third-order valence-electron chi connectivity index (χ3n) is 19.0. The van der Waals surface area contributed by atoms with Crippen LogP contribution < -0.4 is 0 Å². The van der Waals surface area contributed by atoms with Crippen molar-refractivity contribution in [2.45, 2.75) is 399 Å². The molecule has 0 spiro atoms. The lowest BCUT2D eigenvalue weighted by molar-refractivity contribution is -0.161. The van der Waals surface area contributed by atoms with Crippen molar-refractivity contribution in [2.75, 3.05) is 39.6 Å². The van der Waals surface area contributed by atoms with Crippen LogP contribution in [0.5, 0.6) is 0 Å². The number of carbonyl (C=O) groups excluding carboxylic acids is 3. The predicted molar refractivity (Wildman–Crippen MR) is 473 cm³/mol. The van der Waals surface area contributed by atoms with Crippen molar-refractivity contribution in [3.05, 3.63) is 146 Å². The summed E-state index contributed by atoms with van der Waals surface area (Å²) in [5.41, 5.74) is 0. The second-order valence-electron chi connectivity index (χ2n) is 30.0. The lowest BCUT2D eigenvalue weighted by Gasteiger charge is -2.21. The van der Waals surface area contributed by atoms with Gasteiger partial charge in [0.2, 0.25) is 0 Å². The highest BCUT2D eigenvalue weighted by atomic mass is 31.2. The zero-order valence-electron chi connectivity index (χ0n) is 71.5. The van der Waals surface area contributed by atoms with Gasteiger partial charge < -0.3 is 34.2 Å². The van der Waals surface area contributed by atoms with E-state index >= 15 is 0 Å². The SMILES string of the molecule is CC/C=C\C/C=C\C/C=C\C/C=C\C/C=C\C/C=C\CCCCCCCCCCCCCCCCCCC(=O)OCC(O)COP(=O)(O)OCC(O)COP(=O)(O)OCC(COC(=O)CCCCCCCCCCCCCCCCC/C=C\C/C=C\C/C=C\C/C=C\C/C=C\CC)OC(=O)CCCCCCC/C=C\CCCC. The Balaban J connectivity index is 4.33. The molecule has 4 N–H and O–H groups in total. The minimum atomic E-state index is -4.93. The maximum Gasteiger partial charge on any atom is 0.472 e. The Morgan fingerprint density at radius 2 is 0.469 bits per heavy atom. The molecule has 0 aliphatic heterocycles. The molecule has 0 fully saturated rings. The minimum Gasteiger partial charge on any atom is -0.463 e. The van der Waals surface area contributed by atoms with Gasteiger partial charge in [0.1, 0.15) is 25.4 Å². The molecule has 5 atom stereocenters. The quantitative estimate of drug-likeness (QED) is 0.0146. The molecule has 650 valence electrons. The van der Waals surface area contributed by atoms with E-state index in [-0.39, 0.29) is 19.3 Å². The zero-order chi connectivity index (χ0) is 82.2. The lowest BCUT2D eigenvalue weighted by atomic mass is 10.0. The van der Waals surface area contributed by atoms with E-state index in [2.05, 4.69) is 167 Å². The first-order valence-corrected chi connectivity index (χ1v) is 48.1. The first-order chi connectivity index (χ1) is 55.2. The van der Waals surface area contributed by atoms with Crippen LogP contribution in [0.1, 0.15) is 380 Å². The summed E-state index contributed by atoms with van der Waals surface area (Å²) in [5, 5.41) is 20.7. The van der Waals surface area contributed by atoms with Gasteiger partial charge in [0, 0.05) is 19.3 Å². The van der Waals surface area contributed by atoms with E-state index in [0.29, 0.717) is 19.3 Å². The summed E-state index contributed by atoms with van der Waals surface area (Å²) in [4.78, 5) is 58.7. The minimum absolute atomic E-state index is 0.0941. The Hall–Kier alpha value is -4.57. The van der Waals surface area contributed by atoms with E-state index in [9.17, 15) is 43.5 Å². The van der Waals surface area contributed by atoms with Gasteiger partial charge in [0.25, 0.3) is 0 Å². The molecule has 0 heterocycles. The zero-order valence-corrected chi connectivity index (χ0v) is 73.3. The molecule has 5 unspecified atom stereocenters. The number of allylic oxidation sites excluding steroid dienone is 24. The number of hydrogen-bond acceptors (Lipinski definition) is 14. The molecule has 0 aromatic carbocycles. The van der Waals surface area contributed by atoms with Gasteiger partial charge in [0.05, 0.1) is 26.4 Å². The summed E-state index contributed by atoms with van der Waals surface area (Å²) in [5.74, 6) is -1.57. The summed E-state index contributed by atoms with van der Waals surface area (Å²) >= 11 is 0. The van der Waals surface area contributed by atoms with E-state index < -0.39 is 91.5 Å². The number of aliphatic hydroxyl groups excluding tert-OH is 2. The van der Waals surface area contributed by atoms with Crippen molar-refractivity contribution in [1.82, 2.24) is 0 Å². The Kier molecular flexibility index (Phi) is 83.3. The largest absolute Gasteiger partial charge is 0.472 e. The fraction of sp³-hybridized carbons (Fsp3) is 0.716. The third kappa shape index (κ3) is 88.1. The second-order valence-corrected chi connectivity index (χ2v) is 32.9. The van der Waals surface area contributed by atoms with Crippen LogP contribution in [0.15, 0.2) is 146 Å². The summed E-state index contributed by atoms with van der Waals surface area (Å²) in [6.07, 6.45) is 109. The number of phosphoric acid groups is 2. The first kappa shape index (κ1) is 108. The predicted octanol–water partition coefficient (Wildman–Crippen LogP) is 27.6. The molecule has 0 bridgehead atoms. The van der Waals surface area contributed by atoms with Crippen LogP contribution in [0.2, 0.25) is 0 Å². The lowest BCUT2D eigenvalue weighted by Crippen LogP contribution is -2.30. The number of ether oxygens (including phenoxy) is 3. The van der Waals surface area contributed by atoms with E-state index in [1.807, 2.05) is 0 Å². The van der Waals surface area contributed by atoms with Crippen molar-refractivity contribution in [3.63, 3.8) is 0 Å². The Morgan fingerprint density at radius 1 is 0.257 bits per heavy atom. The molecular weight excluding hydrogens is 1460 g/mol. The highest BCUT2D eigenvalue weighted by molar-refractivity contribution is 7.47. The second kappa shape index (κ2) is 86.8. The molecule has 0 aromatic heterocycles. The molecule has 18 heteroatoms. The van der Waals surface area contributed by atoms with Crippen molar-refractivity contribution < 1.29 is 75.8 Å². The summed E-state index contributed by atoms with van der Waals surface area (Å²) in [6, 6.07) is 0. The Bertz CT molecular complexity index is 2630. The third-order valence-corrected chi connectivity index (χ3v) is 20.9. The molecule has 0 saturated carbocycles. The number of phosphoric ester groups is 2. The molecule has 0 aliphatic rings.